The fourth-order valence-electron chi connectivity index (χ4n) is 9.58. The van der Waals surface area contributed by atoms with Crippen LogP contribution in [0.2, 0.25) is 0 Å². The predicted molar refractivity (Wildman–Crippen MR) is 135 cm³/mol. The largest absolute Gasteiger partial charge is 0.392 e. The van der Waals surface area contributed by atoms with Crippen LogP contribution >= 0.6 is 0 Å². The van der Waals surface area contributed by atoms with Gasteiger partial charge in [-0.05, 0) is 81.1 Å². The first-order valence-corrected chi connectivity index (χ1v) is 13.8. The van der Waals surface area contributed by atoms with Crippen molar-refractivity contribution in [1.29, 1.82) is 0 Å². The molecule has 2 heterocycles. The van der Waals surface area contributed by atoms with Gasteiger partial charge in [-0.1, -0.05) is 39.8 Å². The van der Waals surface area contributed by atoms with Crippen LogP contribution in [0.5, 0.6) is 0 Å². The second-order valence-corrected chi connectivity index (χ2v) is 14.1. The first-order valence-electron chi connectivity index (χ1n) is 13.8. The molecular weight excluding hydrogens is 440 g/mol. The third kappa shape index (κ3) is 3.37. The fraction of sp³-hybridized carbons (Fsp3) is 0.833. The minimum atomic E-state index is -1.23. The molecular formula is C30H46O5. The average Bonchev–Trinajstić information content (AvgIpc) is 3.08. The summed E-state index contributed by atoms with van der Waals surface area (Å²) in [5.41, 5.74) is 0.981. The van der Waals surface area contributed by atoms with Gasteiger partial charge in [0.2, 0.25) is 0 Å². The molecule has 8 atom stereocenters. The van der Waals surface area contributed by atoms with Gasteiger partial charge >= 0.3 is 0 Å². The van der Waals surface area contributed by atoms with E-state index in [0.717, 1.165) is 36.8 Å². The predicted octanol–water partition coefficient (Wildman–Crippen LogP) is 4.94. The minimum Gasteiger partial charge on any atom is -0.392 e. The number of ketones is 1. The van der Waals surface area contributed by atoms with Crippen molar-refractivity contribution < 1.29 is 24.9 Å². The van der Waals surface area contributed by atoms with E-state index in [1.54, 1.807) is 13.8 Å². The zero-order chi connectivity index (χ0) is 25.8. The Balaban J connectivity index is 1.47. The lowest BCUT2D eigenvalue weighted by Gasteiger charge is -2.68. The van der Waals surface area contributed by atoms with Crippen molar-refractivity contribution in [2.45, 2.75) is 110 Å². The third-order valence-corrected chi connectivity index (χ3v) is 11.6. The summed E-state index contributed by atoms with van der Waals surface area (Å²) in [7, 11) is 0. The normalized spacial score (nSPS) is 45.1. The number of rotatable bonds is 5. The second-order valence-electron chi connectivity index (χ2n) is 14.1. The number of hydrogen-bond donors (Lipinski definition) is 3. The highest BCUT2D eigenvalue weighted by molar-refractivity contribution is 5.99. The van der Waals surface area contributed by atoms with E-state index in [9.17, 15) is 20.1 Å². The number of fused-ring (bicyclic) bond motifs is 4. The van der Waals surface area contributed by atoms with Gasteiger partial charge in [-0.2, -0.15) is 0 Å². The molecule has 0 unspecified atom stereocenters. The van der Waals surface area contributed by atoms with Crippen LogP contribution in [0, 0.1) is 39.9 Å². The van der Waals surface area contributed by atoms with Crippen LogP contribution in [-0.2, 0) is 9.53 Å². The van der Waals surface area contributed by atoms with Crippen LogP contribution in [0.15, 0.2) is 23.3 Å². The Hall–Kier alpha value is -1.01. The SMILES string of the molecule is C=C(CC[C@@H](C)[C@H]1CC[C@H]2C3=C(C(=O)C[C@]12C)[C@]12CC[C@](O)(OC1)C(C)(C)[C@@H]2[C@@H](O)C3)C(C)(C)O. The van der Waals surface area contributed by atoms with Crippen LogP contribution in [0.1, 0.15) is 92.9 Å². The van der Waals surface area contributed by atoms with E-state index in [-0.39, 0.29) is 17.1 Å². The summed E-state index contributed by atoms with van der Waals surface area (Å²) in [6, 6.07) is 0. The Bertz CT molecular complexity index is 960. The fourth-order valence-corrected chi connectivity index (χ4v) is 9.58. The van der Waals surface area contributed by atoms with Crippen molar-refractivity contribution in [2.75, 3.05) is 6.61 Å². The molecule has 35 heavy (non-hydrogen) atoms. The van der Waals surface area contributed by atoms with E-state index in [0.29, 0.717) is 50.0 Å². The van der Waals surface area contributed by atoms with Crippen LogP contribution in [0.4, 0.5) is 0 Å². The Labute approximate surface area is 211 Å². The molecule has 2 aliphatic heterocycles. The van der Waals surface area contributed by atoms with E-state index >= 15 is 0 Å². The van der Waals surface area contributed by atoms with Gasteiger partial charge in [0.1, 0.15) is 0 Å². The summed E-state index contributed by atoms with van der Waals surface area (Å²) < 4.78 is 6.09. The monoisotopic (exact) mass is 486 g/mol. The van der Waals surface area contributed by atoms with Crippen molar-refractivity contribution in [3.63, 3.8) is 0 Å². The maximum atomic E-state index is 14.1. The van der Waals surface area contributed by atoms with Gasteiger partial charge in [-0.25, -0.2) is 0 Å². The lowest BCUT2D eigenvalue weighted by Crippen LogP contribution is -2.71. The zero-order valence-corrected chi connectivity index (χ0v) is 22.6. The summed E-state index contributed by atoms with van der Waals surface area (Å²) in [4.78, 5) is 14.1. The molecule has 5 nitrogen and oxygen atoms in total. The molecule has 0 amide bonds. The van der Waals surface area contributed by atoms with E-state index in [1.165, 1.54) is 5.57 Å². The van der Waals surface area contributed by atoms with Crippen LogP contribution in [0.3, 0.4) is 0 Å². The molecule has 6 rings (SSSR count). The smallest absolute Gasteiger partial charge is 0.170 e. The van der Waals surface area contributed by atoms with Gasteiger partial charge in [0.05, 0.1) is 18.3 Å². The molecule has 0 aromatic carbocycles. The number of hydrogen-bond acceptors (Lipinski definition) is 5. The molecule has 2 saturated heterocycles. The number of aliphatic hydroxyl groups excluding tert-OH is 1. The molecule has 196 valence electrons. The number of aliphatic hydroxyl groups is 3. The number of ether oxygens (including phenoxy) is 1. The second kappa shape index (κ2) is 7.75. The van der Waals surface area contributed by atoms with E-state index in [4.69, 9.17) is 4.74 Å². The van der Waals surface area contributed by atoms with Crippen molar-refractivity contribution in [2.24, 2.45) is 39.9 Å². The quantitative estimate of drug-likeness (QED) is 0.479. The summed E-state index contributed by atoms with van der Waals surface area (Å²) in [6.45, 7) is 16.7. The average molecular weight is 487 g/mol. The van der Waals surface area contributed by atoms with Gasteiger partial charge in [0.25, 0.3) is 0 Å². The van der Waals surface area contributed by atoms with Gasteiger partial charge in [-0.15, -0.1) is 0 Å². The maximum Gasteiger partial charge on any atom is 0.170 e. The van der Waals surface area contributed by atoms with Gasteiger partial charge in [0.15, 0.2) is 11.6 Å². The summed E-state index contributed by atoms with van der Waals surface area (Å²) in [5, 5.41) is 33.1. The molecule has 4 aliphatic carbocycles. The summed E-state index contributed by atoms with van der Waals surface area (Å²) >= 11 is 0. The first-order chi connectivity index (χ1) is 16.1. The molecule has 0 aromatic heterocycles. The molecule has 6 aliphatic rings. The van der Waals surface area contributed by atoms with Gasteiger partial charge in [-0.3, -0.25) is 4.79 Å². The van der Waals surface area contributed by atoms with Crippen molar-refractivity contribution >= 4 is 5.78 Å². The molecule has 2 bridgehead atoms. The topological polar surface area (TPSA) is 87.0 Å². The number of carbonyl (C=O) groups is 1. The lowest BCUT2D eigenvalue weighted by molar-refractivity contribution is -0.375. The number of Topliss-reactive ketones (excluding diaryl/α,β-unsaturated/α-hetero) is 1. The third-order valence-electron chi connectivity index (χ3n) is 11.6. The molecule has 5 heteroatoms. The highest BCUT2D eigenvalue weighted by atomic mass is 16.6. The highest BCUT2D eigenvalue weighted by Crippen LogP contribution is 2.71. The number of carbonyl (C=O) groups excluding carboxylic acids is 1. The van der Waals surface area contributed by atoms with E-state index < -0.39 is 28.3 Å². The molecule has 2 saturated carbocycles. The summed E-state index contributed by atoms with van der Waals surface area (Å²) in [5.74, 6) is 0.0334. The zero-order valence-electron chi connectivity index (χ0n) is 22.6. The Kier molecular flexibility index (Phi) is 5.68. The van der Waals surface area contributed by atoms with Crippen molar-refractivity contribution in [3.8, 4) is 0 Å². The highest BCUT2D eigenvalue weighted by Gasteiger charge is 2.71. The van der Waals surface area contributed by atoms with Gasteiger partial charge < -0.3 is 20.1 Å². The summed E-state index contributed by atoms with van der Waals surface area (Å²) in [6.07, 6.45) is 5.68. The van der Waals surface area contributed by atoms with Crippen LogP contribution in [-0.4, -0.2) is 45.2 Å². The molecule has 3 N–H and O–H groups in total. The van der Waals surface area contributed by atoms with Crippen LogP contribution in [0.25, 0.3) is 0 Å². The minimum absolute atomic E-state index is 0.102. The maximum absolute atomic E-state index is 14.1. The van der Waals surface area contributed by atoms with E-state index in [2.05, 4.69) is 20.4 Å². The lowest BCUT2D eigenvalue weighted by atomic mass is 9.42. The molecule has 0 aromatic rings. The van der Waals surface area contributed by atoms with Gasteiger partial charge in [0, 0.05) is 35.2 Å². The Morgan fingerprint density at radius 2 is 1.91 bits per heavy atom. The first kappa shape index (κ1) is 25.6. The van der Waals surface area contributed by atoms with Crippen molar-refractivity contribution in [1.82, 2.24) is 0 Å². The Morgan fingerprint density at radius 1 is 1.23 bits per heavy atom. The van der Waals surface area contributed by atoms with Crippen molar-refractivity contribution in [3.05, 3.63) is 23.3 Å². The van der Waals surface area contributed by atoms with Crippen LogP contribution < -0.4 is 0 Å². The standard InChI is InChI=1S/C30H46O5/c1-17(8-9-18(2)27(5,6)33)20-10-11-21-19-14-22(31)25-26(3,4)30(34)13-12-29(25,16-35-30)24(19)23(32)15-28(20,21)7/h17,20-22,25,31,33-34H,2,8-16H2,1,3-7H3/t17-,20-,21+,22+,25+,28-,29+,30+/m1/s1. The molecule has 0 radical (unpaired) electrons. The molecule has 1 spiro atoms. The van der Waals surface area contributed by atoms with E-state index in [1.807, 2.05) is 13.8 Å². The Morgan fingerprint density at radius 3 is 2.51 bits per heavy atom. The molecule has 4 fully saturated rings.